The Labute approximate surface area is 96.0 Å². The van der Waals surface area contributed by atoms with Crippen LogP contribution in [-0.4, -0.2) is 18.1 Å². The maximum absolute atomic E-state index is 11.4. The molecule has 2 aromatic heterocycles. The second-order valence-corrected chi connectivity index (χ2v) is 4.38. The van der Waals surface area contributed by atoms with Crippen LogP contribution in [0, 0.1) is 6.92 Å². The van der Waals surface area contributed by atoms with Gasteiger partial charge in [-0.1, -0.05) is 0 Å². The van der Waals surface area contributed by atoms with Crippen molar-refractivity contribution in [3.8, 4) is 0 Å². The van der Waals surface area contributed by atoms with Crippen molar-refractivity contribution in [2.45, 2.75) is 6.92 Å². The van der Waals surface area contributed by atoms with Gasteiger partial charge in [0.1, 0.15) is 15.5 Å². The van der Waals surface area contributed by atoms with Crippen LogP contribution in [0.2, 0.25) is 0 Å². The number of pyridine rings is 1. The summed E-state index contributed by atoms with van der Waals surface area (Å²) in [6.45, 7) is 1.88. The normalized spacial score (nSPS) is 10.6. The number of esters is 1. The molecule has 0 amide bonds. The van der Waals surface area contributed by atoms with E-state index < -0.39 is 5.97 Å². The molecule has 0 bridgehead atoms. The van der Waals surface area contributed by atoms with E-state index >= 15 is 0 Å². The summed E-state index contributed by atoms with van der Waals surface area (Å²) in [5.41, 5.74) is 12.8. The van der Waals surface area contributed by atoms with Crippen LogP contribution in [0.25, 0.3) is 10.2 Å². The Balaban J connectivity index is 2.78. The predicted octanol–water partition coefficient (Wildman–Crippen LogP) is 1.56. The summed E-state index contributed by atoms with van der Waals surface area (Å²) in [6.07, 6.45) is 0. The number of nitrogens with zero attached hydrogens (tertiary/aromatic N) is 1. The van der Waals surface area contributed by atoms with Crippen molar-refractivity contribution < 1.29 is 9.53 Å². The number of rotatable bonds is 1. The predicted molar refractivity (Wildman–Crippen MR) is 64.5 cm³/mol. The molecule has 5 nitrogen and oxygen atoms in total. The van der Waals surface area contributed by atoms with Crippen LogP contribution in [-0.2, 0) is 4.74 Å². The first kappa shape index (κ1) is 10.7. The first-order valence-electron chi connectivity index (χ1n) is 4.58. The number of ether oxygens (including phenoxy) is 1. The van der Waals surface area contributed by atoms with Gasteiger partial charge in [0.05, 0.1) is 12.8 Å². The lowest BCUT2D eigenvalue weighted by atomic mass is 10.1. The SMILES string of the molecule is COC(=O)c1sc2nc(N)cc(C)c2c1N. The monoisotopic (exact) mass is 237 g/mol. The molecule has 0 atom stereocenters. The Kier molecular flexibility index (Phi) is 2.43. The number of carbonyl (C=O) groups is 1. The van der Waals surface area contributed by atoms with Gasteiger partial charge in [0.15, 0.2) is 0 Å². The fourth-order valence-corrected chi connectivity index (χ4v) is 2.68. The van der Waals surface area contributed by atoms with Crippen molar-refractivity contribution in [3.63, 3.8) is 0 Å². The molecule has 0 saturated heterocycles. The van der Waals surface area contributed by atoms with Gasteiger partial charge in [0, 0.05) is 5.39 Å². The number of anilines is 2. The Hall–Kier alpha value is -1.82. The second kappa shape index (κ2) is 3.64. The quantitative estimate of drug-likeness (QED) is 0.734. The van der Waals surface area contributed by atoms with E-state index in [1.807, 2.05) is 6.92 Å². The summed E-state index contributed by atoms with van der Waals surface area (Å²) in [5.74, 6) is -0.0267. The van der Waals surface area contributed by atoms with Crippen molar-refractivity contribution in [1.29, 1.82) is 0 Å². The van der Waals surface area contributed by atoms with Crippen molar-refractivity contribution in [1.82, 2.24) is 4.98 Å². The number of aryl methyl sites for hydroxylation is 1. The highest BCUT2D eigenvalue weighted by molar-refractivity contribution is 7.21. The summed E-state index contributed by atoms with van der Waals surface area (Å²) >= 11 is 1.19. The third-order valence-corrected chi connectivity index (χ3v) is 3.37. The zero-order chi connectivity index (χ0) is 11.9. The number of methoxy groups -OCH3 is 1. The van der Waals surface area contributed by atoms with E-state index in [9.17, 15) is 4.79 Å². The molecule has 0 fully saturated rings. The molecule has 0 aromatic carbocycles. The number of aromatic nitrogens is 1. The van der Waals surface area contributed by atoms with Gasteiger partial charge >= 0.3 is 5.97 Å². The summed E-state index contributed by atoms with van der Waals surface area (Å²) in [6, 6.07) is 1.73. The molecule has 0 aliphatic rings. The molecular weight excluding hydrogens is 226 g/mol. The van der Waals surface area contributed by atoms with Gasteiger partial charge in [-0.05, 0) is 18.6 Å². The van der Waals surface area contributed by atoms with E-state index in [0.717, 1.165) is 10.9 Å². The molecule has 16 heavy (non-hydrogen) atoms. The maximum atomic E-state index is 11.4. The number of thiophene rings is 1. The second-order valence-electron chi connectivity index (χ2n) is 3.38. The highest BCUT2D eigenvalue weighted by Gasteiger charge is 2.19. The molecule has 0 spiro atoms. The van der Waals surface area contributed by atoms with Crippen LogP contribution in [0.4, 0.5) is 11.5 Å². The zero-order valence-corrected chi connectivity index (χ0v) is 9.72. The molecule has 0 aliphatic heterocycles. The first-order valence-corrected chi connectivity index (χ1v) is 5.39. The fourth-order valence-electron chi connectivity index (χ4n) is 1.58. The van der Waals surface area contributed by atoms with Gasteiger partial charge in [-0.25, -0.2) is 9.78 Å². The van der Waals surface area contributed by atoms with Gasteiger partial charge in [0.25, 0.3) is 0 Å². The van der Waals surface area contributed by atoms with Crippen molar-refractivity contribution in [3.05, 3.63) is 16.5 Å². The van der Waals surface area contributed by atoms with E-state index in [1.165, 1.54) is 18.4 Å². The minimum Gasteiger partial charge on any atom is -0.465 e. The maximum Gasteiger partial charge on any atom is 0.350 e. The third-order valence-electron chi connectivity index (χ3n) is 2.29. The average Bonchev–Trinajstić information content (AvgIpc) is 2.54. The van der Waals surface area contributed by atoms with Crippen LogP contribution >= 0.6 is 11.3 Å². The summed E-state index contributed by atoms with van der Waals surface area (Å²) < 4.78 is 4.65. The van der Waals surface area contributed by atoms with Crippen LogP contribution < -0.4 is 11.5 Å². The molecule has 4 N–H and O–H groups in total. The van der Waals surface area contributed by atoms with Gasteiger partial charge in [-0.2, -0.15) is 0 Å². The molecule has 0 aliphatic carbocycles. The van der Waals surface area contributed by atoms with E-state index in [4.69, 9.17) is 11.5 Å². The molecule has 0 saturated carbocycles. The minimum absolute atomic E-state index is 0.374. The van der Waals surface area contributed by atoms with Crippen molar-refractivity contribution in [2.24, 2.45) is 0 Å². The lowest BCUT2D eigenvalue weighted by molar-refractivity contribution is 0.0607. The van der Waals surface area contributed by atoms with Gasteiger partial charge in [-0.3, -0.25) is 0 Å². The average molecular weight is 237 g/mol. The third kappa shape index (κ3) is 1.47. The Morgan fingerprint density at radius 2 is 2.19 bits per heavy atom. The number of hydrogen-bond donors (Lipinski definition) is 2. The molecule has 2 aromatic rings. The molecule has 6 heteroatoms. The number of carbonyl (C=O) groups excluding carboxylic acids is 1. The van der Waals surface area contributed by atoms with Gasteiger partial charge < -0.3 is 16.2 Å². The number of fused-ring (bicyclic) bond motifs is 1. The molecular formula is C10H11N3O2S. The minimum atomic E-state index is -0.446. The Morgan fingerprint density at radius 1 is 1.50 bits per heavy atom. The molecule has 0 unspecified atom stereocenters. The van der Waals surface area contributed by atoms with Crippen LogP contribution in [0.3, 0.4) is 0 Å². The van der Waals surface area contributed by atoms with E-state index in [1.54, 1.807) is 6.07 Å². The lowest BCUT2D eigenvalue weighted by Crippen LogP contribution is -2.01. The van der Waals surface area contributed by atoms with E-state index in [0.29, 0.717) is 21.2 Å². The fraction of sp³-hybridized carbons (Fsp3) is 0.200. The topological polar surface area (TPSA) is 91.2 Å². The van der Waals surface area contributed by atoms with E-state index in [-0.39, 0.29) is 0 Å². The van der Waals surface area contributed by atoms with E-state index in [2.05, 4.69) is 9.72 Å². The molecule has 0 radical (unpaired) electrons. The number of nitrogens with two attached hydrogens (primary N) is 2. The summed E-state index contributed by atoms with van der Waals surface area (Å²) in [5, 5.41) is 0.777. The standard InChI is InChI=1S/C10H11N3O2S/c1-4-3-5(11)13-9-6(4)7(12)8(16-9)10(14)15-2/h3H,12H2,1-2H3,(H2,11,13). The number of nitrogen functional groups attached to an aromatic ring is 2. The zero-order valence-electron chi connectivity index (χ0n) is 8.90. The van der Waals surface area contributed by atoms with Gasteiger partial charge in [0.2, 0.25) is 0 Å². The Morgan fingerprint density at radius 3 is 2.81 bits per heavy atom. The van der Waals surface area contributed by atoms with Crippen molar-refractivity contribution >= 4 is 39.0 Å². The molecule has 84 valence electrons. The first-order chi connectivity index (χ1) is 7.54. The molecule has 2 rings (SSSR count). The van der Waals surface area contributed by atoms with Crippen LogP contribution in [0.15, 0.2) is 6.07 Å². The summed E-state index contributed by atoms with van der Waals surface area (Å²) in [7, 11) is 1.32. The van der Waals surface area contributed by atoms with Crippen LogP contribution in [0.5, 0.6) is 0 Å². The van der Waals surface area contributed by atoms with Crippen LogP contribution in [0.1, 0.15) is 15.2 Å². The summed E-state index contributed by atoms with van der Waals surface area (Å²) in [4.78, 5) is 16.6. The lowest BCUT2D eigenvalue weighted by Gasteiger charge is -1.99. The molecule has 2 heterocycles. The Bertz CT molecular complexity index is 577. The highest BCUT2D eigenvalue weighted by atomic mass is 32.1. The smallest absolute Gasteiger partial charge is 0.350 e. The van der Waals surface area contributed by atoms with Gasteiger partial charge in [-0.15, -0.1) is 11.3 Å². The largest absolute Gasteiger partial charge is 0.465 e. The van der Waals surface area contributed by atoms with Crippen molar-refractivity contribution in [2.75, 3.05) is 18.6 Å². The highest BCUT2D eigenvalue weighted by Crippen LogP contribution is 2.35. The number of hydrogen-bond acceptors (Lipinski definition) is 6.